The van der Waals surface area contributed by atoms with Gasteiger partial charge in [-0.25, -0.2) is 0 Å². The monoisotopic (exact) mass is 713 g/mol. The molecule has 0 N–H and O–H groups in total. The molecule has 0 radical (unpaired) electrons. The molecule has 0 aromatic heterocycles. The lowest BCUT2D eigenvalue weighted by atomic mass is 9.89. The summed E-state index contributed by atoms with van der Waals surface area (Å²) in [4.78, 5) is 0. The molecule has 0 rings (SSSR count). The standard InChI is InChI=1S/C51H100/c1-4-7-10-13-16-19-21-23-25-27-29-31-33-35-37-40-43-46-49-51(48-45-42-39-18-15-12-9-6-3)50-47-44-41-38-36-34-32-30-28-26-24-22-20-17-14-11-8-5-2/h4-5,51H,1-2,6-50H2,3H3. The molecule has 0 aliphatic rings. The van der Waals surface area contributed by atoms with Crippen LogP contribution in [0.4, 0.5) is 0 Å². The molecule has 304 valence electrons. The Balaban J connectivity index is 3.79. The average molecular weight is 713 g/mol. The highest BCUT2D eigenvalue weighted by Gasteiger charge is 2.09. The molecule has 0 amide bonds. The van der Waals surface area contributed by atoms with Gasteiger partial charge in [-0.05, 0) is 31.6 Å². The van der Waals surface area contributed by atoms with Crippen molar-refractivity contribution >= 4 is 0 Å². The van der Waals surface area contributed by atoms with Crippen molar-refractivity contribution in [1.29, 1.82) is 0 Å². The van der Waals surface area contributed by atoms with Crippen molar-refractivity contribution in [3.05, 3.63) is 25.3 Å². The third kappa shape index (κ3) is 45.6. The summed E-state index contributed by atoms with van der Waals surface area (Å²) in [5.74, 6) is 1.03. The lowest BCUT2D eigenvalue weighted by Crippen LogP contribution is -2.01. The number of unbranched alkanes of at least 4 members (excludes halogenated alkanes) is 39. The van der Waals surface area contributed by atoms with Crippen molar-refractivity contribution in [3.8, 4) is 0 Å². The van der Waals surface area contributed by atoms with Crippen molar-refractivity contribution in [2.24, 2.45) is 5.92 Å². The van der Waals surface area contributed by atoms with E-state index in [1.807, 2.05) is 0 Å². The summed E-state index contributed by atoms with van der Waals surface area (Å²) >= 11 is 0. The number of allylic oxidation sites excluding steroid dienone is 2. The highest BCUT2D eigenvalue weighted by Crippen LogP contribution is 2.25. The van der Waals surface area contributed by atoms with E-state index in [0.717, 1.165) is 5.92 Å². The summed E-state index contributed by atoms with van der Waals surface area (Å²) in [6, 6.07) is 0. The van der Waals surface area contributed by atoms with Crippen LogP contribution in [0.3, 0.4) is 0 Å². The van der Waals surface area contributed by atoms with Gasteiger partial charge in [0.1, 0.15) is 0 Å². The largest absolute Gasteiger partial charge is 0.103 e. The van der Waals surface area contributed by atoms with E-state index in [1.165, 1.54) is 289 Å². The predicted octanol–water partition coefficient (Wildman–Crippen LogP) is 19.5. The van der Waals surface area contributed by atoms with Gasteiger partial charge in [0, 0.05) is 0 Å². The SMILES string of the molecule is C=CCCCCCCCCCCCCCCCCCCC(CCCCCCCCCC)CCCCCCCCCCCCCCCCCCC=C. The van der Waals surface area contributed by atoms with Gasteiger partial charge in [0.15, 0.2) is 0 Å². The molecular formula is C51H100. The fourth-order valence-electron chi connectivity index (χ4n) is 8.39. The Morgan fingerprint density at radius 3 is 0.627 bits per heavy atom. The normalized spacial score (nSPS) is 11.6. The Morgan fingerprint density at radius 2 is 0.431 bits per heavy atom. The molecule has 0 nitrogen and oxygen atoms in total. The fourth-order valence-corrected chi connectivity index (χ4v) is 8.39. The van der Waals surface area contributed by atoms with Gasteiger partial charge in [-0.1, -0.05) is 282 Å². The molecule has 0 atom stereocenters. The summed E-state index contributed by atoms with van der Waals surface area (Å²) in [6.07, 6.45) is 69.8. The van der Waals surface area contributed by atoms with Crippen LogP contribution in [0.15, 0.2) is 25.3 Å². The van der Waals surface area contributed by atoms with Crippen molar-refractivity contribution in [1.82, 2.24) is 0 Å². The van der Waals surface area contributed by atoms with E-state index in [9.17, 15) is 0 Å². The quantitative estimate of drug-likeness (QED) is 0.0435. The molecule has 0 saturated heterocycles. The van der Waals surface area contributed by atoms with Crippen LogP contribution in [0.2, 0.25) is 0 Å². The van der Waals surface area contributed by atoms with Gasteiger partial charge in [-0.3, -0.25) is 0 Å². The van der Waals surface area contributed by atoms with Crippen LogP contribution < -0.4 is 0 Å². The summed E-state index contributed by atoms with van der Waals surface area (Å²) < 4.78 is 0. The molecule has 0 saturated carbocycles. The molecule has 0 aromatic carbocycles. The van der Waals surface area contributed by atoms with Crippen LogP contribution in [0, 0.1) is 5.92 Å². The third-order valence-electron chi connectivity index (χ3n) is 12.0. The second-order valence-electron chi connectivity index (χ2n) is 17.2. The zero-order valence-corrected chi connectivity index (χ0v) is 36.0. The van der Waals surface area contributed by atoms with Crippen molar-refractivity contribution in [2.75, 3.05) is 0 Å². The van der Waals surface area contributed by atoms with Gasteiger partial charge in [-0.2, -0.15) is 0 Å². The van der Waals surface area contributed by atoms with E-state index in [4.69, 9.17) is 0 Å². The van der Waals surface area contributed by atoms with E-state index in [1.54, 1.807) is 0 Å². The zero-order chi connectivity index (χ0) is 36.8. The molecule has 0 aliphatic heterocycles. The van der Waals surface area contributed by atoms with Gasteiger partial charge < -0.3 is 0 Å². The van der Waals surface area contributed by atoms with Crippen LogP contribution >= 0.6 is 0 Å². The Labute approximate surface area is 326 Å². The van der Waals surface area contributed by atoms with Crippen LogP contribution in [0.5, 0.6) is 0 Å². The molecule has 0 aromatic rings. The van der Waals surface area contributed by atoms with Gasteiger partial charge in [0.05, 0.1) is 0 Å². The minimum atomic E-state index is 1.03. The Morgan fingerprint density at radius 1 is 0.255 bits per heavy atom. The molecule has 0 heteroatoms. The first-order valence-corrected chi connectivity index (χ1v) is 24.6. The van der Waals surface area contributed by atoms with Crippen LogP contribution in [-0.4, -0.2) is 0 Å². The fraction of sp³-hybridized carbons (Fsp3) is 0.922. The third-order valence-corrected chi connectivity index (χ3v) is 12.0. The van der Waals surface area contributed by atoms with E-state index in [2.05, 4.69) is 32.2 Å². The molecule has 0 fully saturated rings. The Hall–Kier alpha value is -0.520. The van der Waals surface area contributed by atoms with E-state index >= 15 is 0 Å². The molecule has 0 heterocycles. The Bertz CT molecular complexity index is 574. The average Bonchev–Trinajstić information content (AvgIpc) is 3.14. The van der Waals surface area contributed by atoms with Gasteiger partial charge >= 0.3 is 0 Å². The second kappa shape index (κ2) is 47.5. The zero-order valence-electron chi connectivity index (χ0n) is 36.0. The number of hydrogen-bond donors (Lipinski definition) is 0. The molecular weight excluding hydrogens is 613 g/mol. The van der Waals surface area contributed by atoms with Gasteiger partial charge in [0.25, 0.3) is 0 Å². The molecule has 0 unspecified atom stereocenters. The first-order valence-electron chi connectivity index (χ1n) is 24.6. The summed E-state index contributed by atoms with van der Waals surface area (Å²) in [5.41, 5.74) is 0. The maximum absolute atomic E-state index is 3.83. The molecule has 0 bridgehead atoms. The highest BCUT2D eigenvalue weighted by molar-refractivity contribution is 4.66. The van der Waals surface area contributed by atoms with E-state index < -0.39 is 0 Å². The van der Waals surface area contributed by atoms with Gasteiger partial charge in [-0.15, -0.1) is 13.2 Å². The topological polar surface area (TPSA) is 0 Å². The van der Waals surface area contributed by atoms with Crippen molar-refractivity contribution in [2.45, 2.75) is 296 Å². The van der Waals surface area contributed by atoms with E-state index in [0.29, 0.717) is 0 Å². The Kier molecular flexibility index (Phi) is 47.0. The maximum Gasteiger partial charge on any atom is -0.0353 e. The van der Waals surface area contributed by atoms with Crippen molar-refractivity contribution < 1.29 is 0 Å². The maximum atomic E-state index is 3.83. The van der Waals surface area contributed by atoms with Crippen LogP contribution in [-0.2, 0) is 0 Å². The van der Waals surface area contributed by atoms with Crippen LogP contribution in [0.1, 0.15) is 296 Å². The minimum absolute atomic E-state index is 1.03. The minimum Gasteiger partial charge on any atom is -0.103 e. The van der Waals surface area contributed by atoms with Crippen molar-refractivity contribution in [3.63, 3.8) is 0 Å². The predicted molar refractivity (Wildman–Crippen MR) is 237 cm³/mol. The first kappa shape index (κ1) is 50.5. The summed E-state index contributed by atoms with van der Waals surface area (Å²) in [7, 11) is 0. The summed E-state index contributed by atoms with van der Waals surface area (Å²) in [6.45, 7) is 9.99. The smallest absolute Gasteiger partial charge is 0.0353 e. The second-order valence-corrected chi connectivity index (χ2v) is 17.2. The lowest BCUT2D eigenvalue weighted by Gasteiger charge is -2.17. The first-order chi connectivity index (χ1) is 25.3. The van der Waals surface area contributed by atoms with Gasteiger partial charge in [0.2, 0.25) is 0 Å². The summed E-state index contributed by atoms with van der Waals surface area (Å²) in [5, 5.41) is 0. The molecule has 51 heavy (non-hydrogen) atoms. The molecule has 0 aliphatic carbocycles. The van der Waals surface area contributed by atoms with Crippen LogP contribution in [0.25, 0.3) is 0 Å². The number of rotatable bonds is 47. The number of hydrogen-bond acceptors (Lipinski definition) is 0. The highest BCUT2D eigenvalue weighted by atomic mass is 14.1. The molecule has 0 spiro atoms. The lowest BCUT2D eigenvalue weighted by molar-refractivity contribution is 0.365. The van der Waals surface area contributed by atoms with E-state index in [-0.39, 0.29) is 0 Å².